The smallest absolute Gasteiger partial charge is 0.745 e. The average Bonchev–Trinajstić information content (AvgIpc) is 1.12. The molecule has 0 amide bonds. The van der Waals surface area contributed by atoms with Gasteiger partial charge < -0.3 is 9.11 Å². The first-order chi connectivity index (χ1) is 4.00. The molecular weight excluding hydrogens is 281 g/mol. The molecule has 2 atom stereocenters. The minimum absolute atomic E-state index is 0. The predicted molar refractivity (Wildman–Crippen MR) is 38.8 cm³/mol. The molecule has 0 saturated carbocycles. The third-order valence-electron chi connectivity index (χ3n) is 0. The fourth-order valence-electron chi connectivity index (χ4n) is 0. The molecule has 0 bridgehead atoms. The van der Waals surface area contributed by atoms with Crippen LogP contribution >= 0.6 is 16.9 Å². The third kappa shape index (κ3) is 683. The second kappa shape index (κ2) is 6.66. The van der Waals surface area contributed by atoms with Crippen LogP contribution in [-0.2, 0) is 36.0 Å². The van der Waals surface area contributed by atoms with E-state index in [0.29, 0.717) is 0 Å². The Bertz CT molecular complexity index is 215. The second-order valence-corrected chi connectivity index (χ2v) is 6.42. The topological polar surface area (TPSA) is 114 Å². The van der Waals surface area contributed by atoms with Crippen LogP contribution in [-0.4, -0.2) is 25.9 Å². The summed E-state index contributed by atoms with van der Waals surface area (Å²) < 4.78 is 54.2. The summed E-state index contributed by atoms with van der Waals surface area (Å²) in [7, 11) is -5.74. The molecule has 0 aliphatic rings. The summed E-state index contributed by atoms with van der Waals surface area (Å²) >= 11 is 0. The summed E-state index contributed by atoms with van der Waals surface area (Å²) in [6.07, 6.45) is 0. The maximum absolute atomic E-state index is 9.04. The van der Waals surface area contributed by atoms with E-state index < -0.39 is 19.5 Å². The van der Waals surface area contributed by atoms with Crippen molar-refractivity contribution in [3.8, 4) is 0 Å². The molecule has 0 fully saturated rings. The number of rotatable bonds is 0. The van der Waals surface area contributed by atoms with Crippen molar-refractivity contribution in [3.05, 3.63) is 0 Å². The van der Waals surface area contributed by atoms with Crippen molar-refractivity contribution < 1.29 is 42.4 Å². The SMILES string of the molecule is O=S(=O)([O-])P.O=S(=O)([O-])P.[Ni+2]. The summed E-state index contributed by atoms with van der Waals surface area (Å²) in [5.41, 5.74) is 0. The first-order valence-corrected chi connectivity index (χ1v) is 7.24. The van der Waals surface area contributed by atoms with Gasteiger partial charge in [-0.05, 0) is 16.9 Å². The van der Waals surface area contributed by atoms with Crippen LogP contribution in [0.15, 0.2) is 0 Å². The van der Waals surface area contributed by atoms with Gasteiger partial charge in [-0.3, -0.25) is 0 Å². The van der Waals surface area contributed by atoms with E-state index in [1.54, 1.807) is 0 Å². The van der Waals surface area contributed by atoms with Gasteiger partial charge in [0.05, 0.1) is 0 Å². The molecule has 11 heteroatoms. The van der Waals surface area contributed by atoms with Gasteiger partial charge in [0, 0.05) is 0 Å². The van der Waals surface area contributed by atoms with Crippen LogP contribution in [0.2, 0.25) is 0 Å². The minimum atomic E-state index is -4.00. The molecule has 0 heterocycles. The van der Waals surface area contributed by atoms with Gasteiger partial charge in [0.25, 0.3) is 0 Å². The largest absolute Gasteiger partial charge is 2.00 e. The molecule has 0 aromatic heterocycles. The maximum Gasteiger partial charge on any atom is 2.00 e. The zero-order valence-electron chi connectivity index (χ0n) is 4.74. The van der Waals surface area contributed by atoms with E-state index in [0.717, 1.165) is 16.9 Å². The second-order valence-electron chi connectivity index (χ2n) is 0.986. The maximum atomic E-state index is 9.04. The zero-order chi connectivity index (χ0) is 9.00. The van der Waals surface area contributed by atoms with Crippen LogP contribution in [0, 0.1) is 0 Å². The van der Waals surface area contributed by atoms with E-state index >= 15 is 0 Å². The fraction of sp³-hybridized carbons (Fsp3) is 0. The van der Waals surface area contributed by atoms with Crippen LogP contribution < -0.4 is 0 Å². The molecule has 0 aromatic rings. The molecule has 0 N–H and O–H groups in total. The number of hydrogen-bond acceptors (Lipinski definition) is 6. The fourth-order valence-corrected chi connectivity index (χ4v) is 0. The molecule has 0 aromatic carbocycles. The Morgan fingerprint density at radius 2 is 0.818 bits per heavy atom. The van der Waals surface area contributed by atoms with Crippen molar-refractivity contribution >= 4 is 36.4 Å². The molecule has 72 valence electrons. The van der Waals surface area contributed by atoms with Gasteiger partial charge in [-0.25, -0.2) is 16.8 Å². The molecule has 0 rings (SSSR count). The molecule has 2 unspecified atom stereocenters. The van der Waals surface area contributed by atoms with E-state index in [4.69, 9.17) is 25.9 Å². The first kappa shape index (κ1) is 18.1. The summed E-state index contributed by atoms with van der Waals surface area (Å²) in [5.74, 6) is 0. The number of hydrogen-bond donors (Lipinski definition) is 0. The summed E-state index contributed by atoms with van der Waals surface area (Å²) in [6.45, 7) is 0. The van der Waals surface area contributed by atoms with E-state index in [2.05, 4.69) is 0 Å². The van der Waals surface area contributed by atoms with Gasteiger partial charge in [0.15, 0.2) is 0 Å². The van der Waals surface area contributed by atoms with Crippen LogP contribution in [0.4, 0.5) is 0 Å². The van der Waals surface area contributed by atoms with E-state index in [1.165, 1.54) is 0 Å². The minimum Gasteiger partial charge on any atom is -0.745 e. The van der Waals surface area contributed by atoms with Crippen LogP contribution in [0.3, 0.4) is 0 Å². The van der Waals surface area contributed by atoms with Crippen molar-refractivity contribution in [2.45, 2.75) is 0 Å². The quantitative estimate of drug-likeness (QED) is 0.308. The van der Waals surface area contributed by atoms with Gasteiger partial charge in [-0.15, -0.1) is 0 Å². The Balaban J connectivity index is -0.000000107. The molecule has 0 radical (unpaired) electrons. The van der Waals surface area contributed by atoms with Crippen LogP contribution in [0.5, 0.6) is 0 Å². The Labute approximate surface area is 78.8 Å². The summed E-state index contributed by atoms with van der Waals surface area (Å²) in [5, 5.41) is 0. The van der Waals surface area contributed by atoms with E-state index in [9.17, 15) is 0 Å². The molecule has 11 heavy (non-hydrogen) atoms. The van der Waals surface area contributed by atoms with Crippen LogP contribution in [0.1, 0.15) is 0 Å². The van der Waals surface area contributed by atoms with Crippen molar-refractivity contribution in [2.75, 3.05) is 0 Å². The van der Waals surface area contributed by atoms with Crippen molar-refractivity contribution in [3.63, 3.8) is 0 Å². The normalized spacial score (nSPS) is 10.5. The van der Waals surface area contributed by atoms with Gasteiger partial charge >= 0.3 is 16.5 Å². The molecule has 0 aliphatic heterocycles. The Morgan fingerprint density at radius 3 is 0.818 bits per heavy atom. The molecular formula is H4NiO6P2S2. The summed E-state index contributed by atoms with van der Waals surface area (Å²) in [4.78, 5) is 0. The molecule has 0 saturated heterocycles. The van der Waals surface area contributed by atoms with Crippen molar-refractivity contribution in [2.24, 2.45) is 0 Å². The standard InChI is InChI=1S/Ni.2H3O3PS/c;2*1-5(2,3)4/h;2*4H2,(H,1,2,3)/q+2;;/p-2. The van der Waals surface area contributed by atoms with Gasteiger partial charge in [0.1, 0.15) is 19.5 Å². The van der Waals surface area contributed by atoms with E-state index in [-0.39, 0.29) is 16.5 Å². The van der Waals surface area contributed by atoms with Crippen molar-refractivity contribution in [1.29, 1.82) is 0 Å². The summed E-state index contributed by atoms with van der Waals surface area (Å²) in [6, 6.07) is 0. The Hall–Kier alpha value is 1.17. The Morgan fingerprint density at radius 1 is 0.818 bits per heavy atom. The van der Waals surface area contributed by atoms with Gasteiger partial charge in [-0.1, -0.05) is 0 Å². The van der Waals surface area contributed by atoms with Crippen LogP contribution in [0.25, 0.3) is 0 Å². The zero-order valence-corrected chi connectivity index (χ0v) is 9.67. The molecule has 6 nitrogen and oxygen atoms in total. The van der Waals surface area contributed by atoms with Gasteiger partial charge in [0.2, 0.25) is 0 Å². The predicted octanol–water partition coefficient (Wildman–Crippen LogP) is -1.36. The van der Waals surface area contributed by atoms with Gasteiger partial charge in [-0.2, -0.15) is 0 Å². The van der Waals surface area contributed by atoms with Crippen molar-refractivity contribution in [1.82, 2.24) is 0 Å². The first-order valence-electron chi connectivity index (χ1n) is 1.47. The Kier molecular flexibility index (Phi) is 10.9. The average molecular weight is 285 g/mol. The molecule has 0 spiro atoms. The molecule has 0 aliphatic carbocycles. The monoisotopic (exact) mass is 284 g/mol. The third-order valence-corrected chi connectivity index (χ3v) is 0. The van der Waals surface area contributed by atoms with E-state index in [1.807, 2.05) is 0 Å².